The van der Waals surface area contributed by atoms with Crippen molar-refractivity contribution in [3.05, 3.63) is 58.7 Å². The van der Waals surface area contributed by atoms with Crippen LogP contribution in [-0.4, -0.2) is 121 Å². The predicted molar refractivity (Wildman–Crippen MR) is 279 cm³/mol. The standard InChI is InChI=1S/C56H90N4O12/c1-9-29-57(30-10-2)51(61)43-67-49-28-26-46(38-50(49)68-44-52(62)58(31-11-3)32-12-4)40-70-54(64)24-22-20-18-17-19-21-23-53(63)69-39-45-25-27-47(41-71-55(65)59(33-13-5)34-14-6)48(37-45)42-72-56(66)60(35-15-7)36-16-8/h25-28,37-38H,9-24,29-36,39-44H2,1-8H3. The van der Waals surface area contributed by atoms with Gasteiger partial charge in [0.1, 0.15) is 26.4 Å². The molecule has 2 aromatic rings. The van der Waals surface area contributed by atoms with Crippen LogP contribution < -0.4 is 9.47 Å². The molecule has 72 heavy (non-hydrogen) atoms. The molecule has 0 radical (unpaired) electrons. The molecular formula is C56H90N4O12. The normalized spacial score (nSPS) is 10.8. The number of rotatable bonds is 39. The number of hydrogen-bond acceptors (Lipinski definition) is 12. The molecule has 406 valence electrons. The van der Waals surface area contributed by atoms with Gasteiger partial charge in [-0.1, -0.05) is 99.3 Å². The number of hydrogen-bond donors (Lipinski definition) is 0. The van der Waals surface area contributed by atoms with Crippen LogP contribution in [0.4, 0.5) is 9.59 Å². The zero-order chi connectivity index (χ0) is 52.9. The van der Waals surface area contributed by atoms with Crippen LogP contribution in [-0.2, 0) is 64.6 Å². The summed E-state index contributed by atoms with van der Waals surface area (Å²) in [6, 6.07) is 10.6. The Kier molecular flexibility index (Phi) is 33.1. The van der Waals surface area contributed by atoms with Gasteiger partial charge in [-0.2, -0.15) is 0 Å². The highest BCUT2D eigenvalue weighted by atomic mass is 16.6. The van der Waals surface area contributed by atoms with Crippen LogP contribution in [0.15, 0.2) is 36.4 Å². The van der Waals surface area contributed by atoms with Crippen LogP contribution in [0.5, 0.6) is 11.5 Å². The van der Waals surface area contributed by atoms with E-state index in [0.717, 1.165) is 82.6 Å². The largest absolute Gasteiger partial charge is 0.480 e. The van der Waals surface area contributed by atoms with E-state index in [4.69, 9.17) is 28.4 Å². The fourth-order valence-corrected chi connectivity index (χ4v) is 8.03. The maximum absolute atomic E-state index is 13.0. The van der Waals surface area contributed by atoms with Gasteiger partial charge in [0.2, 0.25) is 0 Å². The van der Waals surface area contributed by atoms with Gasteiger partial charge < -0.3 is 48.0 Å². The maximum Gasteiger partial charge on any atom is 0.410 e. The van der Waals surface area contributed by atoms with Gasteiger partial charge in [0, 0.05) is 65.2 Å². The molecule has 0 aromatic heterocycles. The van der Waals surface area contributed by atoms with Gasteiger partial charge in [0.05, 0.1) is 0 Å². The van der Waals surface area contributed by atoms with Crippen molar-refractivity contribution in [1.82, 2.24) is 19.6 Å². The highest BCUT2D eigenvalue weighted by molar-refractivity contribution is 5.78. The molecule has 0 fully saturated rings. The maximum atomic E-state index is 13.0. The molecule has 0 aliphatic carbocycles. The Bertz CT molecular complexity index is 1740. The Labute approximate surface area is 431 Å². The fourth-order valence-electron chi connectivity index (χ4n) is 8.03. The third kappa shape index (κ3) is 25.2. The highest BCUT2D eigenvalue weighted by Gasteiger charge is 2.20. The zero-order valence-corrected chi connectivity index (χ0v) is 45.4. The molecule has 2 rings (SSSR count). The smallest absolute Gasteiger partial charge is 0.410 e. The fraction of sp³-hybridized carbons (Fsp3) is 0.679. The lowest BCUT2D eigenvalue weighted by molar-refractivity contribution is -0.146. The summed E-state index contributed by atoms with van der Waals surface area (Å²) in [5, 5.41) is 0. The number of carbonyl (C=O) groups is 6. The van der Waals surface area contributed by atoms with E-state index >= 15 is 0 Å². The topological polar surface area (TPSA) is 171 Å². The SMILES string of the molecule is CCCN(CCC)C(=O)COc1ccc(COC(=O)CCCCCCCCC(=O)OCc2ccc(COC(=O)N(CCC)CCC)c(COC(=O)N(CCC)CCC)c2)cc1OCC(=O)N(CCC)CCC. The molecule has 0 unspecified atom stereocenters. The Balaban J connectivity index is 1.86. The van der Waals surface area contributed by atoms with E-state index < -0.39 is 6.09 Å². The number of nitrogens with zero attached hydrogens (tertiary/aromatic N) is 4. The van der Waals surface area contributed by atoms with E-state index in [9.17, 15) is 28.8 Å². The van der Waals surface area contributed by atoms with Gasteiger partial charge in [-0.3, -0.25) is 19.2 Å². The van der Waals surface area contributed by atoms with E-state index in [1.807, 2.05) is 73.6 Å². The van der Waals surface area contributed by atoms with Crippen LogP contribution >= 0.6 is 0 Å². The molecule has 4 amide bonds. The molecular weight excluding hydrogens is 921 g/mol. The van der Waals surface area contributed by atoms with Crippen molar-refractivity contribution in [1.29, 1.82) is 0 Å². The van der Waals surface area contributed by atoms with Crippen LogP contribution in [0.2, 0.25) is 0 Å². The van der Waals surface area contributed by atoms with Crippen molar-refractivity contribution in [3.8, 4) is 11.5 Å². The monoisotopic (exact) mass is 1010 g/mol. The molecule has 2 aromatic carbocycles. The molecule has 0 saturated heterocycles. The van der Waals surface area contributed by atoms with Gasteiger partial charge in [-0.15, -0.1) is 0 Å². The molecule has 16 nitrogen and oxygen atoms in total. The van der Waals surface area contributed by atoms with Gasteiger partial charge in [-0.05, 0) is 105 Å². The van der Waals surface area contributed by atoms with Crippen molar-refractivity contribution in [2.45, 2.75) is 185 Å². The number of amides is 4. The Hall–Kier alpha value is -5.54. The lowest BCUT2D eigenvalue weighted by Gasteiger charge is -2.23. The van der Waals surface area contributed by atoms with Gasteiger partial charge in [0.25, 0.3) is 11.8 Å². The van der Waals surface area contributed by atoms with Crippen molar-refractivity contribution in [2.24, 2.45) is 0 Å². The number of benzene rings is 2. The van der Waals surface area contributed by atoms with Crippen LogP contribution in [0.1, 0.15) is 180 Å². The second-order valence-corrected chi connectivity index (χ2v) is 18.2. The summed E-state index contributed by atoms with van der Waals surface area (Å²) >= 11 is 0. The summed E-state index contributed by atoms with van der Waals surface area (Å²) in [5.74, 6) is -0.245. The second-order valence-electron chi connectivity index (χ2n) is 18.2. The summed E-state index contributed by atoms with van der Waals surface area (Å²) in [6.45, 7) is 20.8. The molecule has 0 spiro atoms. The second kappa shape index (κ2) is 38.1. The van der Waals surface area contributed by atoms with E-state index in [0.29, 0.717) is 93.4 Å². The first kappa shape index (κ1) is 62.6. The number of esters is 2. The summed E-state index contributed by atoms with van der Waals surface area (Å²) in [7, 11) is 0. The first-order valence-corrected chi connectivity index (χ1v) is 27.1. The Morgan fingerprint density at radius 1 is 0.375 bits per heavy atom. The molecule has 0 bridgehead atoms. The number of unbranched alkanes of at least 4 members (excludes halogenated alkanes) is 5. The predicted octanol–water partition coefficient (Wildman–Crippen LogP) is 11.2. The molecule has 0 aliphatic heterocycles. The van der Waals surface area contributed by atoms with E-state index in [1.165, 1.54) is 0 Å². The quantitative estimate of drug-likeness (QED) is 0.0353. The van der Waals surface area contributed by atoms with Crippen LogP contribution in [0, 0.1) is 0 Å². The molecule has 0 N–H and O–H groups in total. The average Bonchev–Trinajstić information content (AvgIpc) is 3.37. The van der Waals surface area contributed by atoms with Crippen molar-refractivity contribution in [3.63, 3.8) is 0 Å². The van der Waals surface area contributed by atoms with Crippen LogP contribution in [0.3, 0.4) is 0 Å². The summed E-state index contributed by atoms with van der Waals surface area (Å²) in [4.78, 5) is 84.2. The lowest BCUT2D eigenvalue weighted by Crippen LogP contribution is -2.36. The van der Waals surface area contributed by atoms with E-state index in [2.05, 4.69) is 0 Å². The van der Waals surface area contributed by atoms with Gasteiger partial charge in [0.15, 0.2) is 24.7 Å². The average molecular weight is 1010 g/mol. The summed E-state index contributed by atoms with van der Waals surface area (Å²) in [6.07, 6.45) is 11.2. The minimum atomic E-state index is -0.402. The molecule has 0 aliphatic rings. The highest BCUT2D eigenvalue weighted by Crippen LogP contribution is 2.29. The Morgan fingerprint density at radius 2 is 0.736 bits per heavy atom. The van der Waals surface area contributed by atoms with Crippen molar-refractivity contribution in [2.75, 3.05) is 65.6 Å². The summed E-state index contributed by atoms with van der Waals surface area (Å²) < 4.78 is 34.6. The lowest BCUT2D eigenvalue weighted by atomic mass is 10.1. The molecule has 0 saturated carbocycles. The van der Waals surface area contributed by atoms with Gasteiger partial charge in [-0.25, -0.2) is 9.59 Å². The van der Waals surface area contributed by atoms with Gasteiger partial charge >= 0.3 is 24.1 Å². The third-order valence-electron chi connectivity index (χ3n) is 11.7. The first-order valence-electron chi connectivity index (χ1n) is 27.1. The number of ether oxygens (including phenoxy) is 6. The minimum absolute atomic E-state index is 0.0141. The van der Waals surface area contributed by atoms with Crippen molar-refractivity contribution < 1.29 is 57.2 Å². The number of carbonyl (C=O) groups excluding carboxylic acids is 6. The van der Waals surface area contributed by atoms with E-state index in [-0.39, 0.29) is 82.3 Å². The van der Waals surface area contributed by atoms with Crippen molar-refractivity contribution >= 4 is 35.9 Å². The molecule has 0 heterocycles. The molecule has 0 atom stereocenters. The summed E-state index contributed by atoms with van der Waals surface area (Å²) in [5.41, 5.74) is 2.79. The minimum Gasteiger partial charge on any atom is -0.480 e. The van der Waals surface area contributed by atoms with E-state index in [1.54, 1.807) is 37.8 Å². The van der Waals surface area contributed by atoms with Crippen LogP contribution in [0.25, 0.3) is 0 Å². The first-order chi connectivity index (χ1) is 34.9. The third-order valence-corrected chi connectivity index (χ3v) is 11.7. The molecule has 16 heteroatoms. The Morgan fingerprint density at radius 3 is 1.17 bits per heavy atom. The zero-order valence-electron chi connectivity index (χ0n) is 45.4.